The number of nitrogens with two attached hydrogens (primary N) is 1. The van der Waals surface area contributed by atoms with Crippen molar-refractivity contribution >= 4 is 11.8 Å². The highest BCUT2D eigenvalue weighted by Gasteiger charge is 2.02. The lowest BCUT2D eigenvalue weighted by atomic mass is 10.4. The number of nitrogens with one attached hydrogen (secondary N) is 3. The van der Waals surface area contributed by atoms with E-state index in [0.29, 0.717) is 26.2 Å². The summed E-state index contributed by atoms with van der Waals surface area (Å²) in [5.41, 5.74) is 5.22. The van der Waals surface area contributed by atoms with Crippen molar-refractivity contribution in [2.75, 3.05) is 32.7 Å². The summed E-state index contributed by atoms with van der Waals surface area (Å²) in [5, 5.41) is 8.14. The van der Waals surface area contributed by atoms with E-state index < -0.39 is 0 Å². The van der Waals surface area contributed by atoms with E-state index in [1.807, 2.05) is 6.92 Å². The van der Waals surface area contributed by atoms with Crippen molar-refractivity contribution in [3.05, 3.63) is 0 Å². The minimum atomic E-state index is -0.0940. The van der Waals surface area contributed by atoms with E-state index >= 15 is 0 Å². The van der Waals surface area contributed by atoms with E-state index in [4.69, 9.17) is 5.73 Å². The van der Waals surface area contributed by atoms with Crippen molar-refractivity contribution in [3.63, 3.8) is 0 Å². The fraction of sp³-hybridized carbons (Fsp3) is 0.778. The van der Waals surface area contributed by atoms with Gasteiger partial charge in [0.25, 0.3) is 0 Å². The van der Waals surface area contributed by atoms with Gasteiger partial charge in [0.1, 0.15) is 0 Å². The number of carbonyl (C=O) groups excluding carboxylic acids is 2. The molecule has 0 saturated heterocycles. The Balaban J connectivity index is 3.36. The van der Waals surface area contributed by atoms with E-state index in [2.05, 4.69) is 16.0 Å². The van der Waals surface area contributed by atoms with E-state index in [-0.39, 0.29) is 18.2 Å². The first-order valence-electron chi connectivity index (χ1n) is 5.14. The molecule has 0 spiro atoms. The fourth-order valence-corrected chi connectivity index (χ4v) is 0.916. The van der Waals surface area contributed by atoms with Crippen LogP contribution in [0, 0.1) is 0 Å². The Kier molecular flexibility index (Phi) is 8.70. The molecule has 0 aliphatic rings. The van der Waals surface area contributed by atoms with Gasteiger partial charge in [-0.3, -0.25) is 9.59 Å². The molecule has 0 unspecified atom stereocenters. The molecule has 6 nitrogen and oxygen atoms in total. The molecule has 0 rings (SSSR count). The van der Waals surface area contributed by atoms with Gasteiger partial charge in [-0.25, -0.2) is 0 Å². The number of rotatable bonds is 8. The minimum absolute atomic E-state index is 0.0933. The number of hydrogen-bond donors (Lipinski definition) is 4. The van der Waals surface area contributed by atoms with Crippen LogP contribution in [-0.2, 0) is 9.59 Å². The second-order valence-electron chi connectivity index (χ2n) is 3.02. The molecule has 15 heavy (non-hydrogen) atoms. The quantitative estimate of drug-likeness (QED) is 0.384. The van der Waals surface area contributed by atoms with Crippen LogP contribution in [0.5, 0.6) is 0 Å². The second-order valence-corrected chi connectivity index (χ2v) is 3.02. The third-order valence-electron chi connectivity index (χ3n) is 1.68. The average molecular weight is 216 g/mol. The Hall–Kier alpha value is -1.14. The molecule has 2 amide bonds. The van der Waals surface area contributed by atoms with Crippen molar-refractivity contribution in [1.82, 2.24) is 16.0 Å². The normalized spacial score (nSPS) is 9.73. The van der Waals surface area contributed by atoms with Gasteiger partial charge in [-0.2, -0.15) is 0 Å². The number of hydrogen-bond acceptors (Lipinski definition) is 4. The molecule has 88 valence electrons. The Morgan fingerprint density at radius 1 is 1.13 bits per heavy atom. The predicted octanol–water partition coefficient (Wildman–Crippen LogP) is -1.82. The van der Waals surface area contributed by atoms with Gasteiger partial charge in [0.15, 0.2) is 0 Å². The summed E-state index contributed by atoms with van der Waals surface area (Å²) in [7, 11) is 0. The van der Waals surface area contributed by atoms with Gasteiger partial charge >= 0.3 is 0 Å². The highest BCUT2D eigenvalue weighted by atomic mass is 16.2. The van der Waals surface area contributed by atoms with Crippen LogP contribution in [0.4, 0.5) is 0 Å². The lowest BCUT2D eigenvalue weighted by Crippen LogP contribution is -2.37. The lowest BCUT2D eigenvalue weighted by molar-refractivity contribution is -0.121. The Morgan fingerprint density at radius 3 is 2.40 bits per heavy atom. The van der Waals surface area contributed by atoms with Crippen molar-refractivity contribution < 1.29 is 9.59 Å². The van der Waals surface area contributed by atoms with Gasteiger partial charge in [-0.1, -0.05) is 6.92 Å². The highest BCUT2D eigenvalue weighted by molar-refractivity contribution is 5.80. The zero-order valence-electron chi connectivity index (χ0n) is 9.14. The van der Waals surface area contributed by atoms with Crippen LogP contribution in [-0.4, -0.2) is 44.5 Å². The molecular formula is C9H20N4O2. The smallest absolute Gasteiger partial charge is 0.233 e. The molecule has 0 bridgehead atoms. The van der Waals surface area contributed by atoms with Crippen LogP contribution in [0.25, 0.3) is 0 Å². The van der Waals surface area contributed by atoms with Crippen LogP contribution in [0.3, 0.4) is 0 Å². The van der Waals surface area contributed by atoms with Crippen molar-refractivity contribution in [3.8, 4) is 0 Å². The second kappa shape index (κ2) is 9.42. The van der Waals surface area contributed by atoms with Gasteiger partial charge in [-0.05, 0) is 6.54 Å². The highest BCUT2D eigenvalue weighted by Crippen LogP contribution is 1.76. The first-order chi connectivity index (χ1) is 7.20. The van der Waals surface area contributed by atoms with Gasteiger partial charge in [-0.15, -0.1) is 0 Å². The number of likely N-dealkylation sites (N-methyl/N-ethyl adjacent to an activating group) is 1. The van der Waals surface area contributed by atoms with Crippen molar-refractivity contribution in [2.24, 2.45) is 5.73 Å². The number of amides is 2. The summed E-state index contributed by atoms with van der Waals surface area (Å²) in [6.07, 6.45) is 0.290. The molecule has 0 fully saturated rings. The molecule has 5 N–H and O–H groups in total. The maximum atomic E-state index is 11.1. The summed E-state index contributed by atoms with van der Waals surface area (Å²) in [4.78, 5) is 22.1. The lowest BCUT2D eigenvalue weighted by Gasteiger charge is -2.05. The molecule has 0 aliphatic heterocycles. The predicted molar refractivity (Wildman–Crippen MR) is 58.2 cm³/mol. The summed E-state index contributed by atoms with van der Waals surface area (Å²) in [6, 6.07) is 0. The molecule has 0 heterocycles. The zero-order chi connectivity index (χ0) is 11.5. The van der Waals surface area contributed by atoms with E-state index in [0.717, 1.165) is 6.54 Å². The Labute approximate surface area is 90.0 Å². The largest absolute Gasteiger partial charge is 0.355 e. The molecule has 0 saturated carbocycles. The van der Waals surface area contributed by atoms with Gasteiger partial charge in [0.2, 0.25) is 11.8 Å². The SMILES string of the molecule is CCNCC(=O)NCCC(=O)NCCN. The van der Waals surface area contributed by atoms with Crippen molar-refractivity contribution in [1.29, 1.82) is 0 Å². The maximum Gasteiger partial charge on any atom is 0.233 e. The van der Waals surface area contributed by atoms with Gasteiger partial charge in [0.05, 0.1) is 6.54 Å². The van der Waals surface area contributed by atoms with E-state index in [9.17, 15) is 9.59 Å². The molecule has 6 heteroatoms. The van der Waals surface area contributed by atoms with Crippen LogP contribution in [0.15, 0.2) is 0 Å². The Morgan fingerprint density at radius 2 is 1.80 bits per heavy atom. The molecule has 0 aliphatic carbocycles. The van der Waals surface area contributed by atoms with Gasteiger partial charge < -0.3 is 21.7 Å². The van der Waals surface area contributed by atoms with Gasteiger partial charge in [0, 0.05) is 26.1 Å². The van der Waals surface area contributed by atoms with Crippen LogP contribution in [0.1, 0.15) is 13.3 Å². The molecule has 0 atom stereocenters. The summed E-state index contributed by atoms with van der Waals surface area (Å²) in [5.74, 6) is -0.187. The summed E-state index contributed by atoms with van der Waals surface area (Å²) >= 11 is 0. The average Bonchev–Trinajstić information content (AvgIpc) is 2.23. The standard InChI is InChI=1S/C9H20N4O2/c1-2-11-7-9(15)12-5-3-8(14)13-6-4-10/h11H,2-7,10H2,1H3,(H,12,15)(H,13,14). The molecule has 0 radical (unpaired) electrons. The third-order valence-corrected chi connectivity index (χ3v) is 1.68. The third kappa shape index (κ3) is 9.17. The molecular weight excluding hydrogens is 196 g/mol. The van der Waals surface area contributed by atoms with E-state index in [1.54, 1.807) is 0 Å². The molecule has 0 aromatic carbocycles. The fourth-order valence-electron chi connectivity index (χ4n) is 0.916. The molecule has 0 aromatic heterocycles. The number of carbonyl (C=O) groups is 2. The van der Waals surface area contributed by atoms with Crippen molar-refractivity contribution in [2.45, 2.75) is 13.3 Å². The topological polar surface area (TPSA) is 96.2 Å². The Bertz CT molecular complexity index is 177. The zero-order valence-corrected chi connectivity index (χ0v) is 9.14. The van der Waals surface area contributed by atoms with Crippen LogP contribution < -0.4 is 21.7 Å². The van der Waals surface area contributed by atoms with Crippen LogP contribution >= 0.6 is 0 Å². The monoisotopic (exact) mass is 216 g/mol. The minimum Gasteiger partial charge on any atom is -0.355 e. The first-order valence-corrected chi connectivity index (χ1v) is 5.14. The molecule has 0 aromatic rings. The first kappa shape index (κ1) is 13.9. The summed E-state index contributed by atoms with van der Waals surface area (Å²) in [6.45, 7) is 4.24. The van der Waals surface area contributed by atoms with E-state index in [1.165, 1.54) is 0 Å². The van der Waals surface area contributed by atoms with Crippen LogP contribution in [0.2, 0.25) is 0 Å². The maximum absolute atomic E-state index is 11.1. The summed E-state index contributed by atoms with van der Waals surface area (Å²) < 4.78 is 0.